The molecule has 92 valence electrons. The Morgan fingerprint density at radius 2 is 2.29 bits per heavy atom. The third-order valence-corrected chi connectivity index (χ3v) is 3.32. The van der Waals surface area contributed by atoms with Crippen molar-refractivity contribution in [3.8, 4) is 0 Å². The Hall–Kier alpha value is -0.910. The number of benzene rings is 1. The van der Waals surface area contributed by atoms with Crippen molar-refractivity contribution in [2.24, 2.45) is 0 Å². The molecular formula is C12H15BrN2O2. The molecule has 1 aliphatic rings. The fourth-order valence-electron chi connectivity index (χ4n) is 1.69. The van der Waals surface area contributed by atoms with E-state index in [1.807, 2.05) is 24.3 Å². The first-order valence-electron chi connectivity index (χ1n) is 5.61. The van der Waals surface area contributed by atoms with E-state index in [0.717, 1.165) is 23.2 Å². The van der Waals surface area contributed by atoms with Crippen LogP contribution >= 0.6 is 15.9 Å². The van der Waals surface area contributed by atoms with Crippen molar-refractivity contribution in [2.75, 3.05) is 25.1 Å². The maximum atomic E-state index is 11.7. The van der Waals surface area contributed by atoms with Crippen molar-refractivity contribution in [3.05, 3.63) is 28.7 Å². The van der Waals surface area contributed by atoms with Gasteiger partial charge >= 0.3 is 0 Å². The average Bonchev–Trinajstić information content (AvgIpc) is 2.82. The molecule has 2 N–H and O–H groups in total. The van der Waals surface area contributed by atoms with Crippen LogP contribution in [0.15, 0.2) is 28.7 Å². The van der Waals surface area contributed by atoms with Crippen LogP contribution in [0.1, 0.15) is 6.42 Å². The normalized spacial score (nSPS) is 19.2. The number of ether oxygens (including phenoxy) is 1. The van der Waals surface area contributed by atoms with Gasteiger partial charge in [-0.2, -0.15) is 0 Å². The van der Waals surface area contributed by atoms with Crippen LogP contribution in [-0.4, -0.2) is 31.7 Å². The average molecular weight is 299 g/mol. The van der Waals surface area contributed by atoms with Crippen molar-refractivity contribution < 1.29 is 9.53 Å². The molecule has 0 aliphatic carbocycles. The Kier molecular flexibility index (Phi) is 4.53. The Balaban J connectivity index is 1.79. The van der Waals surface area contributed by atoms with Crippen LogP contribution in [0.3, 0.4) is 0 Å². The highest BCUT2D eigenvalue weighted by Gasteiger charge is 2.15. The van der Waals surface area contributed by atoms with Crippen LogP contribution in [0.25, 0.3) is 0 Å². The molecule has 1 aromatic carbocycles. The Labute approximate surface area is 109 Å². The molecule has 0 bridgehead atoms. The first-order valence-corrected chi connectivity index (χ1v) is 6.40. The predicted molar refractivity (Wildman–Crippen MR) is 70.0 cm³/mol. The van der Waals surface area contributed by atoms with Crippen molar-refractivity contribution in [1.82, 2.24) is 5.32 Å². The quantitative estimate of drug-likeness (QED) is 0.891. The number of rotatable bonds is 4. The number of nitrogens with one attached hydrogen (secondary N) is 2. The van der Waals surface area contributed by atoms with Crippen LogP contribution in [0.4, 0.5) is 5.69 Å². The summed E-state index contributed by atoms with van der Waals surface area (Å²) in [5.41, 5.74) is 0.793. The van der Waals surface area contributed by atoms with Crippen LogP contribution in [0.5, 0.6) is 0 Å². The molecule has 0 spiro atoms. The molecule has 1 atom stereocenters. The predicted octanol–water partition coefficient (Wildman–Crippen LogP) is 1.77. The minimum absolute atomic E-state index is 0.0381. The zero-order valence-corrected chi connectivity index (χ0v) is 11.0. The molecule has 5 heteroatoms. The van der Waals surface area contributed by atoms with E-state index in [1.54, 1.807) is 0 Å². The fraction of sp³-hybridized carbons (Fsp3) is 0.417. The zero-order chi connectivity index (χ0) is 12.1. The van der Waals surface area contributed by atoms with Gasteiger partial charge in [0.05, 0.1) is 18.8 Å². The molecule has 0 radical (unpaired) electrons. The van der Waals surface area contributed by atoms with Crippen LogP contribution in [-0.2, 0) is 9.53 Å². The number of halogens is 1. The molecular weight excluding hydrogens is 284 g/mol. The second-order valence-corrected chi connectivity index (χ2v) is 4.82. The highest BCUT2D eigenvalue weighted by Crippen LogP contribution is 2.20. The maximum Gasteiger partial charge on any atom is 0.238 e. The second kappa shape index (κ2) is 6.14. The summed E-state index contributed by atoms with van der Waals surface area (Å²) in [6.45, 7) is 1.79. The van der Waals surface area contributed by atoms with Gasteiger partial charge in [0.15, 0.2) is 0 Å². The molecule has 1 amide bonds. The summed E-state index contributed by atoms with van der Waals surface area (Å²) in [5, 5.41) is 6.01. The van der Waals surface area contributed by atoms with E-state index < -0.39 is 0 Å². The monoisotopic (exact) mass is 298 g/mol. The summed E-state index contributed by atoms with van der Waals surface area (Å²) in [7, 11) is 0. The summed E-state index contributed by atoms with van der Waals surface area (Å²) in [6, 6.07) is 7.86. The first kappa shape index (κ1) is 12.5. The largest absolute Gasteiger partial charge is 0.380 e. The molecule has 1 unspecified atom stereocenters. The van der Waals surface area contributed by atoms with Gasteiger partial charge in [0.2, 0.25) is 5.91 Å². The van der Waals surface area contributed by atoms with Crippen molar-refractivity contribution in [1.29, 1.82) is 0 Å². The fourth-order valence-corrected chi connectivity index (χ4v) is 2.07. The standard InChI is InChI=1S/C12H15BrN2O2/c13-10-3-1-2-4-11(10)15-12(16)7-14-9-5-6-17-8-9/h1-4,9,14H,5-8H2,(H,15,16). The third-order valence-electron chi connectivity index (χ3n) is 2.63. The van der Waals surface area contributed by atoms with Gasteiger partial charge in [-0.3, -0.25) is 4.79 Å². The minimum atomic E-state index is -0.0381. The molecule has 2 rings (SSSR count). The first-order chi connectivity index (χ1) is 8.25. The topological polar surface area (TPSA) is 50.4 Å². The molecule has 17 heavy (non-hydrogen) atoms. The lowest BCUT2D eigenvalue weighted by molar-refractivity contribution is -0.115. The number of hydrogen-bond acceptors (Lipinski definition) is 3. The van der Waals surface area contributed by atoms with Gasteiger partial charge in [0.25, 0.3) is 0 Å². The number of amides is 1. The lowest BCUT2D eigenvalue weighted by Gasteiger charge is -2.11. The van der Waals surface area contributed by atoms with Gasteiger partial charge in [0, 0.05) is 17.1 Å². The van der Waals surface area contributed by atoms with Gasteiger partial charge in [-0.1, -0.05) is 12.1 Å². The Bertz CT molecular complexity index is 392. The van der Waals surface area contributed by atoms with Crippen LogP contribution in [0, 0.1) is 0 Å². The minimum Gasteiger partial charge on any atom is -0.380 e. The van der Waals surface area contributed by atoms with E-state index >= 15 is 0 Å². The molecule has 0 aromatic heterocycles. The SMILES string of the molecule is O=C(CNC1CCOC1)Nc1ccccc1Br. The van der Waals surface area contributed by atoms with Gasteiger partial charge in [0.1, 0.15) is 0 Å². The number of carbonyl (C=O) groups is 1. The maximum absolute atomic E-state index is 11.7. The molecule has 1 fully saturated rings. The van der Waals surface area contributed by atoms with Crippen LogP contribution in [0.2, 0.25) is 0 Å². The van der Waals surface area contributed by atoms with Crippen molar-refractivity contribution in [2.45, 2.75) is 12.5 Å². The lowest BCUT2D eigenvalue weighted by Crippen LogP contribution is -2.36. The third kappa shape index (κ3) is 3.80. The number of para-hydroxylation sites is 1. The van der Waals surface area contributed by atoms with Gasteiger partial charge in [-0.05, 0) is 34.5 Å². The summed E-state index contributed by atoms with van der Waals surface area (Å²) in [5.74, 6) is -0.0381. The molecule has 4 nitrogen and oxygen atoms in total. The highest BCUT2D eigenvalue weighted by molar-refractivity contribution is 9.10. The van der Waals surface area contributed by atoms with Crippen LogP contribution < -0.4 is 10.6 Å². The molecule has 1 aromatic rings. The summed E-state index contributed by atoms with van der Waals surface area (Å²) in [4.78, 5) is 11.7. The van der Waals surface area contributed by atoms with Crippen molar-refractivity contribution >= 4 is 27.5 Å². The van der Waals surface area contributed by atoms with Gasteiger partial charge in [-0.15, -0.1) is 0 Å². The summed E-state index contributed by atoms with van der Waals surface area (Å²) < 4.78 is 6.11. The molecule has 1 saturated heterocycles. The van der Waals surface area contributed by atoms with E-state index in [-0.39, 0.29) is 5.91 Å². The summed E-state index contributed by atoms with van der Waals surface area (Å²) in [6.07, 6.45) is 0.975. The van der Waals surface area contributed by atoms with Gasteiger partial charge in [-0.25, -0.2) is 0 Å². The summed E-state index contributed by atoms with van der Waals surface area (Å²) >= 11 is 3.39. The second-order valence-electron chi connectivity index (χ2n) is 3.97. The van der Waals surface area contributed by atoms with E-state index in [0.29, 0.717) is 19.2 Å². The number of anilines is 1. The van der Waals surface area contributed by atoms with E-state index in [1.165, 1.54) is 0 Å². The van der Waals surface area contributed by atoms with E-state index in [2.05, 4.69) is 26.6 Å². The lowest BCUT2D eigenvalue weighted by atomic mass is 10.2. The Morgan fingerprint density at radius 1 is 1.47 bits per heavy atom. The van der Waals surface area contributed by atoms with Crippen molar-refractivity contribution in [3.63, 3.8) is 0 Å². The van der Waals surface area contributed by atoms with E-state index in [4.69, 9.17) is 4.74 Å². The molecule has 1 aliphatic heterocycles. The zero-order valence-electron chi connectivity index (χ0n) is 9.41. The number of carbonyl (C=O) groups excluding carboxylic acids is 1. The van der Waals surface area contributed by atoms with Gasteiger partial charge < -0.3 is 15.4 Å². The Morgan fingerprint density at radius 3 is 3.00 bits per heavy atom. The van der Waals surface area contributed by atoms with E-state index in [9.17, 15) is 4.79 Å². The number of hydrogen-bond donors (Lipinski definition) is 2. The molecule has 0 saturated carbocycles. The highest BCUT2D eigenvalue weighted by atomic mass is 79.9. The molecule has 1 heterocycles. The smallest absolute Gasteiger partial charge is 0.238 e.